The van der Waals surface area contributed by atoms with Gasteiger partial charge in [0.25, 0.3) is 0 Å². The van der Waals surface area contributed by atoms with Gasteiger partial charge in [-0.3, -0.25) is 0 Å². The fourth-order valence-corrected chi connectivity index (χ4v) is 1.81. The molecule has 1 aliphatic heterocycles. The lowest BCUT2D eigenvalue weighted by atomic mass is 10.1. The molecule has 98 valence electrons. The summed E-state index contributed by atoms with van der Waals surface area (Å²) in [4.78, 5) is 0. The zero-order chi connectivity index (χ0) is 13.3. The molecule has 0 saturated heterocycles. The summed E-state index contributed by atoms with van der Waals surface area (Å²) in [5, 5.41) is 0. The van der Waals surface area contributed by atoms with Crippen molar-refractivity contribution in [2.45, 2.75) is 26.1 Å². The van der Waals surface area contributed by atoms with Crippen LogP contribution in [0.3, 0.4) is 0 Å². The largest absolute Gasteiger partial charge is 0.490 e. The van der Waals surface area contributed by atoms with E-state index in [1.807, 2.05) is 6.92 Å². The van der Waals surface area contributed by atoms with Crippen molar-refractivity contribution in [3.05, 3.63) is 29.3 Å². The summed E-state index contributed by atoms with van der Waals surface area (Å²) in [7, 11) is 0. The number of alkyl halides is 3. The summed E-state index contributed by atoms with van der Waals surface area (Å²) in [6, 6.07) is 3.44. The lowest BCUT2D eigenvalue weighted by Gasteiger charge is -2.25. The lowest BCUT2D eigenvalue weighted by molar-refractivity contribution is -0.180. The molecule has 0 aromatic heterocycles. The molecule has 0 saturated carbocycles. The van der Waals surface area contributed by atoms with E-state index in [0.717, 1.165) is 11.6 Å². The predicted molar refractivity (Wildman–Crippen MR) is 61.9 cm³/mol. The maximum Gasteiger partial charge on any atom is 0.429 e. The third kappa shape index (κ3) is 2.44. The van der Waals surface area contributed by atoms with E-state index in [2.05, 4.69) is 0 Å². The van der Waals surface area contributed by atoms with Gasteiger partial charge in [-0.15, -0.1) is 0 Å². The Morgan fingerprint density at radius 3 is 2.67 bits per heavy atom. The summed E-state index contributed by atoms with van der Waals surface area (Å²) in [5.74, 6) is 0.512. The van der Waals surface area contributed by atoms with Crippen molar-refractivity contribution in [3.8, 4) is 11.5 Å². The zero-order valence-corrected chi connectivity index (χ0v) is 10.0. The highest BCUT2D eigenvalue weighted by Crippen LogP contribution is 2.40. The van der Waals surface area contributed by atoms with Crippen molar-refractivity contribution < 1.29 is 22.6 Å². The van der Waals surface area contributed by atoms with E-state index >= 15 is 0 Å². The first-order valence-corrected chi connectivity index (χ1v) is 5.61. The molecule has 0 fully saturated rings. The van der Waals surface area contributed by atoms with E-state index in [-0.39, 0.29) is 5.75 Å². The molecular weight excluding hydrogens is 245 g/mol. The van der Waals surface area contributed by atoms with Crippen molar-refractivity contribution >= 4 is 6.08 Å². The number of hydrogen-bond donors (Lipinski definition) is 0. The van der Waals surface area contributed by atoms with Gasteiger partial charge in [-0.25, -0.2) is 0 Å². The Bertz CT molecular complexity index is 478. The van der Waals surface area contributed by atoms with Gasteiger partial charge >= 0.3 is 6.18 Å². The minimum absolute atomic E-state index is 0.160. The van der Waals surface area contributed by atoms with Crippen LogP contribution in [0.5, 0.6) is 11.5 Å². The molecule has 0 radical (unpaired) electrons. The third-order valence-electron chi connectivity index (χ3n) is 2.55. The highest BCUT2D eigenvalue weighted by atomic mass is 19.4. The smallest absolute Gasteiger partial charge is 0.429 e. The van der Waals surface area contributed by atoms with Crippen molar-refractivity contribution in [3.63, 3.8) is 0 Å². The van der Waals surface area contributed by atoms with Gasteiger partial charge < -0.3 is 9.47 Å². The second-order valence-corrected chi connectivity index (χ2v) is 4.05. The van der Waals surface area contributed by atoms with Gasteiger partial charge in [0, 0.05) is 5.56 Å². The van der Waals surface area contributed by atoms with Crippen molar-refractivity contribution in [2.24, 2.45) is 0 Å². The molecule has 1 aromatic carbocycles. The van der Waals surface area contributed by atoms with E-state index in [9.17, 15) is 13.2 Å². The molecule has 18 heavy (non-hydrogen) atoms. The highest BCUT2D eigenvalue weighted by molar-refractivity contribution is 5.66. The quantitative estimate of drug-likeness (QED) is 0.804. The predicted octanol–water partition coefficient (Wildman–Crippen LogP) is 3.73. The number of ether oxygens (including phenoxy) is 2. The summed E-state index contributed by atoms with van der Waals surface area (Å²) in [5.41, 5.74) is 1.52. The van der Waals surface area contributed by atoms with Gasteiger partial charge in [-0.2, -0.15) is 13.2 Å². The number of halogens is 3. The molecule has 0 aliphatic carbocycles. The Labute approximate surface area is 103 Å². The Morgan fingerprint density at radius 2 is 2.06 bits per heavy atom. The molecule has 2 rings (SSSR count). The van der Waals surface area contributed by atoms with Crippen LogP contribution in [-0.2, 0) is 0 Å². The van der Waals surface area contributed by atoms with Crippen LogP contribution >= 0.6 is 0 Å². The van der Waals surface area contributed by atoms with Gasteiger partial charge in [0.15, 0.2) is 11.5 Å². The summed E-state index contributed by atoms with van der Waals surface area (Å²) >= 11 is 0. The maximum atomic E-state index is 12.6. The lowest BCUT2D eigenvalue weighted by Crippen LogP contribution is -2.34. The second kappa shape index (κ2) is 4.55. The summed E-state index contributed by atoms with van der Waals surface area (Å²) in [6.45, 7) is 4.00. The minimum atomic E-state index is -4.41. The van der Waals surface area contributed by atoms with Crippen LogP contribution in [0, 0.1) is 6.92 Å². The molecule has 0 N–H and O–H groups in total. The Morgan fingerprint density at radius 1 is 1.33 bits per heavy atom. The standard InChI is InChI=1S/C13H13F3O2/c1-3-17-10-7-8(2)6-9-4-5-11(13(14,15)16)18-12(9)10/h4-7,11H,3H2,1-2H3. The van der Waals surface area contributed by atoms with Gasteiger partial charge in [-0.05, 0) is 37.6 Å². The van der Waals surface area contributed by atoms with Crippen molar-refractivity contribution in [2.75, 3.05) is 6.61 Å². The van der Waals surface area contributed by atoms with Crippen molar-refractivity contribution in [1.82, 2.24) is 0 Å². The number of aryl methyl sites for hydroxylation is 1. The zero-order valence-electron chi connectivity index (χ0n) is 10.0. The highest BCUT2D eigenvalue weighted by Gasteiger charge is 2.42. The third-order valence-corrected chi connectivity index (χ3v) is 2.55. The molecular formula is C13H13F3O2. The number of hydrogen-bond acceptors (Lipinski definition) is 2. The Hall–Kier alpha value is -1.65. The summed E-state index contributed by atoms with van der Waals surface area (Å²) < 4.78 is 48.2. The van der Waals surface area contributed by atoms with Gasteiger partial charge in [-0.1, -0.05) is 6.08 Å². The number of rotatable bonds is 2. The van der Waals surface area contributed by atoms with Crippen LogP contribution < -0.4 is 9.47 Å². The van der Waals surface area contributed by atoms with E-state index in [1.165, 1.54) is 6.08 Å². The van der Waals surface area contributed by atoms with E-state index in [0.29, 0.717) is 17.9 Å². The molecule has 1 aromatic rings. The van der Waals surface area contributed by atoms with Crippen LogP contribution in [0.2, 0.25) is 0 Å². The van der Waals surface area contributed by atoms with Gasteiger partial charge in [0.1, 0.15) is 0 Å². The van der Waals surface area contributed by atoms with E-state index in [1.54, 1.807) is 19.1 Å². The molecule has 1 atom stereocenters. The average molecular weight is 258 g/mol. The molecule has 1 unspecified atom stereocenters. The molecule has 0 bridgehead atoms. The molecule has 1 heterocycles. The van der Waals surface area contributed by atoms with E-state index < -0.39 is 12.3 Å². The minimum Gasteiger partial charge on any atom is -0.490 e. The number of fused-ring (bicyclic) bond motifs is 1. The fourth-order valence-electron chi connectivity index (χ4n) is 1.81. The average Bonchev–Trinajstić information content (AvgIpc) is 2.27. The fraction of sp³-hybridized carbons (Fsp3) is 0.385. The van der Waals surface area contributed by atoms with Crippen LogP contribution in [0.4, 0.5) is 13.2 Å². The normalized spacial score (nSPS) is 18.2. The van der Waals surface area contributed by atoms with E-state index in [4.69, 9.17) is 9.47 Å². The second-order valence-electron chi connectivity index (χ2n) is 4.05. The Balaban J connectivity index is 2.41. The monoisotopic (exact) mass is 258 g/mol. The Kier molecular flexibility index (Phi) is 3.24. The number of benzene rings is 1. The first-order valence-electron chi connectivity index (χ1n) is 5.61. The van der Waals surface area contributed by atoms with Gasteiger partial charge in [0.2, 0.25) is 6.10 Å². The van der Waals surface area contributed by atoms with Crippen LogP contribution in [0.25, 0.3) is 6.08 Å². The van der Waals surface area contributed by atoms with Crippen LogP contribution in [-0.4, -0.2) is 18.9 Å². The summed E-state index contributed by atoms with van der Waals surface area (Å²) in [6.07, 6.45) is -3.89. The van der Waals surface area contributed by atoms with Gasteiger partial charge in [0.05, 0.1) is 6.61 Å². The van der Waals surface area contributed by atoms with Crippen LogP contribution in [0.15, 0.2) is 18.2 Å². The van der Waals surface area contributed by atoms with Crippen LogP contribution in [0.1, 0.15) is 18.1 Å². The molecule has 2 nitrogen and oxygen atoms in total. The molecule has 0 spiro atoms. The molecule has 5 heteroatoms. The van der Waals surface area contributed by atoms with Crippen molar-refractivity contribution in [1.29, 1.82) is 0 Å². The molecule has 1 aliphatic rings. The first-order chi connectivity index (χ1) is 8.41. The molecule has 0 amide bonds. The maximum absolute atomic E-state index is 12.6. The SMILES string of the molecule is CCOc1cc(C)cc2c1OC(C(F)(F)F)C=C2. The topological polar surface area (TPSA) is 18.5 Å². The first kappa shape index (κ1) is 12.8.